The summed E-state index contributed by atoms with van der Waals surface area (Å²) in [6.45, 7) is 2.90. The lowest BCUT2D eigenvalue weighted by atomic mass is 10.1. The fourth-order valence-electron chi connectivity index (χ4n) is 1.65. The van der Waals surface area contributed by atoms with Crippen LogP contribution in [-0.2, 0) is 0 Å². The number of phenols is 1. The molecule has 0 atom stereocenters. The minimum atomic E-state index is -0.244. The predicted molar refractivity (Wildman–Crippen MR) is 67.9 cm³/mol. The smallest absolute Gasteiger partial charge is 0.257 e. The van der Waals surface area contributed by atoms with Gasteiger partial charge in [-0.05, 0) is 25.5 Å². The quantitative estimate of drug-likeness (QED) is 0.800. The molecule has 0 unspecified atom stereocenters. The number of carbonyl (C=O) groups is 1. The molecular weight excluding hydrogens is 234 g/mol. The molecule has 0 aromatic heterocycles. The molecule has 0 saturated heterocycles. The highest BCUT2D eigenvalue weighted by Gasteiger charge is 2.17. The number of aliphatic hydroxyl groups is 1. The second kappa shape index (κ2) is 6.86. The van der Waals surface area contributed by atoms with Gasteiger partial charge in [-0.3, -0.25) is 4.79 Å². The van der Waals surface area contributed by atoms with Crippen LogP contribution in [0.15, 0.2) is 18.2 Å². The monoisotopic (exact) mass is 253 g/mol. The molecule has 0 aliphatic heterocycles. The molecule has 18 heavy (non-hydrogen) atoms. The summed E-state index contributed by atoms with van der Waals surface area (Å²) in [6, 6.07) is 4.58. The molecule has 1 aromatic carbocycles. The highest BCUT2D eigenvalue weighted by Crippen LogP contribution is 2.24. The van der Waals surface area contributed by atoms with Gasteiger partial charge in [0, 0.05) is 25.8 Å². The molecule has 1 rings (SSSR count). The Kier molecular flexibility index (Phi) is 5.45. The number of hydrogen-bond donors (Lipinski definition) is 2. The predicted octanol–water partition coefficient (Wildman–Crippen LogP) is 1.25. The van der Waals surface area contributed by atoms with Gasteiger partial charge in [-0.1, -0.05) is 0 Å². The van der Waals surface area contributed by atoms with Crippen molar-refractivity contribution in [3.05, 3.63) is 23.8 Å². The van der Waals surface area contributed by atoms with Crippen LogP contribution in [0.5, 0.6) is 11.5 Å². The van der Waals surface area contributed by atoms with E-state index in [1.165, 1.54) is 19.2 Å². The number of amides is 1. The van der Waals surface area contributed by atoms with Crippen molar-refractivity contribution >= 4 is 5.91 Å². The average Bonchev–Trinajstić information content (AvgIpc) is 2.39. The average molecular weight is 253 g/mol. The summed E-state index contributed by atoms with van der Waals surface area (Å²) >= 11 is 0. The van der Waals surface area contributed by atoms with E-state index in [1.54, 1.807) is 11.0 Å². The Morgan fingerprint density at radius 1 is 1.44 bits per heavy atom. The molecule has 0 radical (unpaired) electrons. The van der Waals surface area contributed by atoms with Gasteiger partial charge >= 0.3 is 0 Å². The minimum absolute atomic E-state index is 0.0401. The van der Waals surface area contributed by atoms with Crippen molar-refractivity contribution < 1.29 is 19.7 Å². The second-order valence-electron chi connectivity index (χ2n) is 3.85. The Balaban J connectivity index is 2.87. The third-order valence-electron chi connectivity index (χ3n) is 2.69. The van der Waals surface area contributed by atoms with Crippen molar-refractivity contribution in [3.8, 4) is 11.5 Å². The van der Waals surface area contributed by atoms with Gasteiger partial charge in [-0.25, -0.2) is 0 Å². The first-order valence-electron chi connectivity index (χ1n) is 5.91. The Bertz CT molecular complexity index is 406. The molecule has 1 aromatic rings. The van der Waals surface area contributed by atoms with E-state index < -0.39 is 0 Å². The number of rotatable bonds is 6. The van der Waals surface area contributed by atoms with Gasteiger partial charge in [0.2, 0.25) is 0 Å². The van der Waals surface area contributed by atoms with Crippen LogP contribution in [0.1, 0.15) is 23.7 Å². The normalized spacial score (nSPS) is 10.2. The van der Waals surface area contributed by atoms with Gasteiger partial charge in [-0.2, -0.15) is 0 Å². The van der Waals surface area contributed by atoms with Crippen molar-refractivity contribution in [2.75, 3.05) is 26.8 Å². The number of aliphatic hydroxyl groups excluding tert-OH is 1. The van der Waals surface area contributed by atoms with Crippen molar-refractivity contribution in [2.24, 2.45) is 0 Å². The van der Waals surface area contributed by atoms with E-state index in [0.717, 1.165) is 0 Å². The molecule has 5 nitrogen and oxygen atoms in total. The van der Waals surface area contributed by atoms with E-state index in [9.17, 15) is 9.90 Å². The standard InChI is InChI=1S/C13H19NO4/c1-3-14(7-4-8-15)13(17)11-6-5-10(18-2)9-12(11)16/h5-6,9,15-16H,3-4,7-8H2,1-2H3. The molecule has 0 spiro atoms. The lowest BCUT2D eigenvalue weighted by Crippen LogP contribution is -2.32. The van der Waals surface area contributed by atoms with Crippen molar-refractivity contribution in [1.82, 2.24) is 4.90 Å². The van der Waals surface area contributed by atoms with Gasteiger partial charge in [0.25, 0.3) is 5.91 Å². The number of hydrogen-bond acceptors (Lipinski definition) is 4. The molecule has 0 aliphatic carbocycles. The van der Waals surface area contributed by atoms with Crippen LogP contribution in [0.4, 0.5) is 0 Å². The number of ether oxygens (including phenoxy) is 1. The summed E-state index contributed by atoms with van der Waals surface area (Å²) in [5, 5.41) is 18.6. The number of methoxy groups -OCH3 is 1. The maximum absolute atomic E-state index is 12.1. The van der Waals surface area contributed by atoms with Crippen LogP contribution in [-0.4, -0.2) is 47.8 Å². The highest BCUT2D eigenvalue weighted by molar-refractivity contribution is 5.97. The van der Waals surface area contributed by atoms with Gasteiger partial charge in [0.15, 0.2) is 0 Å². The zero-order valence-corrected chi connectivity index (χ0v) is 10.7. The fourth-order valence-corrected chi connectivity index (χ4v) is 1.65. The first kappa shape index (κ1) is 14.3. The van der Waals surface area contributed by atoms with Crippen LogP contribution in [0.2, 0.25) is 0 Å². The SMILES string of the molecule is CCN(CCCO)C(=O)c1ccc(OC)cc1O. The van der Waals surface area contributed by atoms with Crippen molar-refractivity contribution in [2.45, 2.75) is 13.3 Å². The van der Waals surface area contributed by atoms with Crippen molar-refractivity contribution in [1.29, 1.82) is 0 Å². The maximum atomic E-state index is 12.1. The molecule has 2 N–H and O–H groups in total. The molecule has 0 heterocycles. The maximum Gasteiger partial charge on any atom is 0.257 e. The van der Waals surface area contributed by atoms with Gasteiger partial charge < -0.3 is 19.8 Å². The number of benzene rings is 1. The third-order valence-corrected chi connectivity index (χ3v) is 2.69. The molecule has 0 saturated carbocycles. The first-order chi connectivity index (χ1) is 8.63. The lowest BCUT2D eigenvalue weighted by Gasteiger charge is -2.21. The zero-order chi connectivity index (χ0) is 13.5. The Hall–Kier alpha value is -1.75. The molecule has 0 bridgehead atoms. The molecule has 0 fully saturated rings. The molecule has 100 valence electrons. The van der Waals surface area contributed by atoms with Crippen LogP contribution < -0.4 is 4.74 Å². The van der Waals surface area contributed by atoms with E-state index in [0.29, 0.717) is 25.3 Å². The number of carbonyl (C=O) groups excluding carboxylic acids is 1. The summed E-state index contributed by atoms with van der Waals surface area (Å²) < 4.78 is 4.96. The van der Waals surface area contributed by atoms with Crippen LogP contribution >= 0.6 is 0 Å². The molecule has 1 amide bonds. The van der Waals surface area contributed by atoms with E-state index in [4.69, 9.17) is 9.84 Å². The van der Waals surface area contributed by atoms with Crippen LogP contribution in [0.25, 0.3) is 0 Å². The first-order valence-corrected chi connectivity index (χ1v) is 5.91. The fraction of sp³-hybridized carbons (Fsp3) is 0.462. The zero-order valence-electron chi connectivity index (χ0n) is 10.7. The summed E-state index contributed by atoms with van der Waals surface area (Å²) in [4.78, 5) is 13.7. The van der Waals surface area contributed by atoms with Crippen LogP contribution in [0, 0.1) is 0 Å². The summed E-state index contributed by atoms with van der Waals surface area (Å²) in [7, 11) is 1.50. The van der Waals surface area contributed by atoms with Crippen LogP contribution in [0.3, 0.4) is 0 Å². The Morgan fingerprint density at radius 3 is 2.67 bits per heavy atom. The van der Waals surface area contributed by atoms with E-state index in [1.807, 2.05) is 6.92 Å². The lowest BCUT2D eigenvalue weighted by molar-refractivity contribution is 0.0751. The third kappa shape index (κ3) is 3.37. The minimum Gasteiger partial charge on any atom is -0.507 e. The molecular formula is C13H19NO4. The summed E-state index contributed by atoms with van der Waals surface area (Å²) in [5.41, 5.74) is 0.246. The highest BCUT2D eigenvalue weighted by atomic mass is 16.5. The van der Waals surface area contributed by atoms with E-state index in [2.05, 4.69) is 0 Å². The largest absolute Gasteiger partial charge is 0.507 e. The Morgan fingerprint density at radius 2 is 2.17 bits per heavy atom. The summed E-state index contributed by atoms with van der Waals surface area (Å²) in [5.74, 6) is 0.162. The molecule has 0 aliphatic rings. The van der Waals surface area contributed by atoms with Gasteiger partial charge in [-0.15, -0.1) is 0 Å². The van der Waals surface area contributed by atoms with E-state index >= 15 is 0 Å². The van der Waals surface area contributed by atoms with E-state index in [-0.39, 0.29) is 23.8 Å². The van der Waals surface area contributed by atoms with Gasteiger partial charge in [0.1, 0.15) is 11.5 Å². The number of aromatic hydroxyl groups is 1. The number of nitrogens with zero attached hydrogens (tertiary/aromatic N) is 1. The second-order valence-corrected chi connectivity index (χ2v) is 3.85. The summed E-state index contributed by atoms with van der Waals surface area (Å²) in [6.07, 6.45) is 0.524. The van der Waals surface area contributed by atoms with Gasteiger partial charge in [0.05, 0.1) is 12.7 Å². The van der Waals surface area contributed by atoms with Crippen molar-refractivity contribution in [3.63, 3.8) is 0 Å². The number of phenolic OH excluding ortho intramolecular Hbond substituents is 1. The topological polar surface area (TPSA) is 70.0 Å². The Labute approximate surface area is 107 Å². The molecule has 5 heteroatoms.